The maximum atomic E-state index is 13.7. The first-order valence-corrected chi connectivity index (χ1v) is 7.68. The van der Waals surface area contributed by atoms with E-state index < -0.39 is 5.82 Å². The molecule has 1 amide bonds. The van der Waals surface area contributed by atoms with Gasteiger partial charge < -0.3 is 15.4 Å². The van der Waals surface area contributed by atoms with Crippen molar-refractivity contribution >= 4 is 34.8 Å². The maximum Gasteiger partial charge on any atom is 0.230 e. The first-order valence-electron chi connectivity index (χ1n) is 6.80. The summed E-state index contributed by atoms with van der Waals surface area (Å²) in [6.07, 6.45) is 0. The Morgan fingerprint density at radius 1 is 1.48 bits per heavy atom. The summed E-state index contributed by atoms with van der Waals surface area (Å²) in [4.78, 5) is 16.2. The molecule has 0 saturated carbocycles. The second kappa shape index (κ2) is 8.81. The Hall–Kier alpha value is -1.70. The van der Waals surface area contributed by atoms with Crippen molar-refractivity contribution in [3.05, 3.63) is 29.4 Å². The molecular formula is C15H19ClFN3O2S. The quantitative estimate of drug-likeness (QED) is 0.831. The second-order valence-corrected chi connectivity index (χ2v) is 5.69. The van der Waals surface area contributed by atoms with E-state index in [1.807, 2.05) is 6.92 Å². The summed E-state index contributed by atoms with van der Waals surface area (Å²) in [5, 5.41) is 7.99. The van der Waals surface area contributed by atoms with Gasteiger partial charge in [-0.05, 0) is 25.2 Å². The summed E-state index contributed by atoms with van der Waals surface area (Å²) < 4.78 is 18.6. The van der Waals surface area contributed by atoms with Crippen molar-refractivity contribution in [2.24, 2.45) is 5.92 Å². The number of amides is 1. The van der Waals surface area contributed by atoms with Crippen molar-refractivity contribution in [2.45, 2.75) is 6.92 Å². The van der Waals surface area contributed by atoms with Crippen LogP contribution in [0.4, 0.5) is 9.52 Å². The van der Waals surface area contributed by atoms with Crippen LogP contribution >= 0.6 is 23.7 Å². The standard InChI is InChI=1S/C15H18FN3O2S.ClH/c1-9(7-17-2)14(20)19-15-18-12(8-22-15)10-4-5-13(21-3)11(16)6-10;/h4-6,8-9,17H,7H2,1-3H3,(H,18,19,20);1H. The Bertz CT molecular complexity index is 666. The molecule has 2 aromatic rings. The number of anilines is 1. The number of methoxy groups -OCH3 is 1. The lowest BCUT2D eigenvalue weighted by Crippen LogP contribution is -2.28. The van der Waals surface area contributed by atoms with E-state index in [1.165, 1.54) is 24.5 Å². The molecule has 2 N–H and O–H groups in total. The minimum Gasteiger partial charge on any atom is -0.494 e. The predicted octanol–water partition coefficient (Wildman–Crippen LogP) is 3.17. The first kappa shape index (κ1) is 19.3. The molecule has 1 atom stereocenters. The van der Waals surface area contributed by atoms with E-state index in [-0.39, 0.29) is 30.0 Å². The van der Waals surface area contributed by atoms with Crippen molar-refractivity contribution in [2.75, 3.05) is 26.0 Å². The summed E-state index contributed by atoms with van der Waals surface area (Å²) in [7, 11) is 3.21. The molecule has 0 fully saturated rings. The lowest BCUT2D eigenvalue weighted by molar-refractivity contribution is -0.119. The summed E-state index contributed by atoms with van der Waals surface area (Å²) >= 11 is 1.31. The number of benzene rings is 1. The zero-order chi connectivity index (χ0) is 16.1. The Kier molecular flexibility index (Phi) is 7.41. The highest BCUT2D eigenvalue weighted by atomic mass is 35.5. The molecular weight excluding hydrogens is 341 g/mol. The van der Waals surface area contributed by atoms with Crippen molar-refractivity contribution in [1.29, 1.82) is 0 Å². The number of halogens is 2. The minimum absolute atomic E-state index is 0. The van der Waals surface area contributed by atoms with Gasteiger partial charge >= 0.3 is 0 Å². The van der Waals surface area contributed by atoms with Gasteiger partial charge in [-0.25, -0.2) is 9.37 Å². The van der Waals surface area contributed by atoms with Gasteiger partial charge in [-0.2, -0.15) is 0 Å². The van der Waals surface area contributed by atoms with E-state index in [1.54, 1.807) is 24.6 Å². The van der Waals surface area contributed by atoms with E-state index in [2.05, 4.69) is 15.6 Å². The second-order valence-electron chi connectivity index (χ2n) is 4.84. The van der Waals surface area contributed by atoms with Gasteiger partial charge in [0.05, 0.1) is 12.8 Å². The SMILES string of the molecule is CNCC(C)C(=O)Nc1nc(-c2ccc(OC)c(F)c2)cs1.Cl. The van der Waals surface area contributed by atoms with E-state index in [4.69, 9.17) is 4.74 Å². The normalized spacial score (nSPS) is 11.5. The summed E-state index contributed by atoms with van der Waals surface area (Å²) in [6.45, 7) is 2.42. The Morgan fingerprint density at radius 2 is 2.22 bits per heavy atom. The van der Waals surface area contributed by atoms with E-state index in [0.717, 1.165) is 0 Å². The summed E-state index contributed by atoms with van der Waals surface area (Å²) in [5.74, 6) is -0.512. The highest BCUT2D eigenvalue weighted by Gasteiger charge is 2.14. The molecule has 5 nitrogen and oxygen atoms in total. The number of ether oxygens (including phenoxy) is 1. The van der Waals surface area contributed by atoms with Crippen LogP contribution in [-0.4, -0.2) is 31.6 Å². The van der Waals surface area contributed by atoms with Gasteiger partial charge in [0.2, 0.25) is 5.91 Å². The van der Waals surface area contributed by atoms with E-state index in [0.29, 0.717) is 22.9 Å². The highest BCUT2D eigenvalue weighted by molar-refractivity contribution is 7.14. The van der Waals surface area contributed by atoms with E-state index in [9.17, 15) is 9.18 Å². The molecule has 23 heavy (non-hydrogen) atoms. The molecule has 0 spiro atoms. The molecule has 0 aliphatic rings. The van der Waals surface area contributed by atoms with Crippen LogP contribution in [0.3, 0.4) is 0 Å². The third kappa shape index (κ3) is 4.89. The van der Waals surface area contributed by atoms with Gasteiger partial charge in [0.1, 0.15) is 0 Å². The Labute approximate surface area is 144 Å². The van der Waals surface area contributed by atoms with Crippen LogP contribution in [0.25, 0.3) is 11.3 Å². The number of nitrogens with zero attached hydrogens (tertiary/aromatic N) is 1. The molecule has 1 aromatic carbocycles. The highest BCUT2D eigenvalue weighted by Crippen LogP contribution is 2.28. The summed E-state index contributed by atoms with van der Waals surface area (Å²) in [5.41, 5.74) is 1.25. The number of carbonyl (C=O) groups excluding carboxylic acids is 1. The van der Waals surface area contributed by atoms with Gasteiger partial charge in [-0.1, -0.05) is 6.92 Å². The van der Waals surface area contributed by atoms with Gasteiger partial charge in [0.15, 0.2) is 16.7 Å². The van der Waals surface area contributed by atoms with E-state index >= 15 is 0 Å². The smallest absolute Gasteiger partial charge is 0.230 e. The molecule has 0 radical (unpaired) electrons. The molecule has 8 heteroatoms. The fraction of sp³-hybridized carbons (Fsp3) is 0.333. The maximum absolute atomic E-state index is 13.7. The third-order valence-electron chi connectivity index (χ3n) is 3.14. The fourth-order valence-electron chi connectivity index (χ4n) is 1.92. The molecule has 2 rings (SSSR count). The van der Waals surface area contributed by atoms with Crippen LogP contribution in [0, 0.1) is 11.7 Å². The summed E-state index contributed by atoms with van der Waals surface area (Å²) in [6, 6.07) is 4.65. The Balaban J connectivity index is 0.00000264. The number of nitrogens with one attached hydrogen (secondary N) is 2. The molecule has 0 bridgehead atoms. The predicted molar refractivity (Wildman–Crippen MR) is 93.0 cm³/mol. The number of carbonyl (C=O) groups is 1. The van der Waals surface area contributed by atoms with Gasteiger partial charge in [-0.15, -0.1) is 23.7 Å². The van der Waals surface area contributed by atoms with Crippen LogP contribution in [0.1, 0.15) is 6.92 Å². The molecule has 0 saturated heterocycles. The largest absolute Gasteiger partial charge is 0.494 e. The van der Waals surface area contributed by atoms with Crippen LogP contribution in [0.2, 0.25) is 0 Å². The fourth-order valence-corrected chi connectivity index (χ4v) is 2.64. The molecule has 1 unspecified atom stereocenters. The zero-order valence-corrected chi connectivity index (χ0v) is 14.7. The molecule has 0 aliphatic carbocycles. The van der Waals surface area contributed by atoms with Crippen LogP contribution in [0.5, 0.6) is 5.75 Å². The average Bonchev–Trinajstić information content (AvgIpc) is 2.95. The van der Waals surface area contributed by atoms with Crippen LogP contribution in [-0.2, 0) is 4.79 Å². The van der Waals surface area contributed by atoms with Gasteiger partial charge in [0, 0.05) is 23.4 Å². The molecule has 1 aromatic heterocycles. The molecule has 1 heterocycles. The monoisotopic (exact) mass is 359 g/mol. The first-order chi connectivity index (χ1) is 10.5. The number of thiazole rings is 1. The molecule has 0 aliphatic heterocycles. The molecule has 126 valence electrons. The van der Waals surface area contributed by atoms with Gasteiger partial charge in [-0.3, -0.25) is 4.79 Å². The van der Waals surface area contributed by atoms with Crippen LogP contribution in [0.15, 0.2) is 23.6 Å². The number of hydrogen-bond acceptors (Lipinski definition) is 5. The average molecular weight is 360 g/mol. The van der Waals surface area contributed by atoms with Crippen molar-refractivity contribution < 1.29 is 13.9 Å². The Morgan fingerprint density at radius 3 is 2.83 bits per heavy atom. The lowest BCUT2D eigenvalue weighted by atomic mass is 10.1. The van der Waals surface area contributed by atoms with Crippen molar-refractivity contribution in [1.82, 2.24) is 10.3 Å². The third-order valence-corrected chi connectivity index (χ3v) is 3.90. The van der Waals surface area contributed by atoms with Crippen LogP contribution < -0.4 is 15.4 Å². The van der Waals surface area contributed by atoms with Gasteiger partial charge in [0.25, 0.3) is 0 Å². The van der Waals surface area contributed by atoms with Crippen molar-refractivity contribution in [3.8, 4) is 17.0 Å². The number of hydrogen-bond donors (Lipinski definition) is 2. The number of aromatic nitrogens is 1. The van der Waals surface area contributed by atoms with Crippen molar-refractivity contribution in [3.63, 3.8) is 0 Å². The topological polar surface area (TPSA) is 63.2 Å². The lowest BCUT2D eigenvalue weighted by Gasteiger charge is -2.09. The number of rotatable bonds is 6. The zero-order valence-electron chi connectivity index (χ0n) is 13.1. The minimum atomic E-state index is -0.443.